The van der Waals surface area contributed by atoms with Gasteiger partial charge in [0.25, 0.3) is 0 Å². The largest absolute Gasteiger partial charge is 0.390 e. The minimum atomic E-state index is -0.543. The van der Waals surface area contributed by atoms with Gasteiger partial charge in [-0.2, -0.15) is 0 Å². The number of piperazine rings is 1. The van der Waals surface area contributed by atoms with Gasteiger partial charge in [-0.15, -0.1) is 0 Å². The second-order valence-corrected chi connectivity index (χ2v) is 12.2. The zero-order valence-electron chi connectivity index (χ0n) is 18.7. The second kappa shape index (κ2) is 6.91. The molecule has 3 N–H and O–H groups in total. The molecule has 6 rings (SSSR count). The highest BCUT2D eigenvalue weighted by Gasteiger charge is 2.57. The van der Waals surface area contributed by atoms with E-state index in [-0.39, 0.29) is 22.9 Å². The van der Waals surface area contributed by atoms with Crippen molar-refractivity contribution in [3.63, 3.8) is 0 Å². The Kier molecular flexibility index (Phi) is 4.77. The number of fused-ring (bicyclic) bond motifs is 2. The van der Waals surface area contributed by atoms with Crippen molar-refractivity contribution in [2.45, 2.75) is 94.5 Å². The molecule has 2 amide bonds. The summed E-state index contributed by atoms with van der Waals surface area (Å²) < 4.78 is 0. The van der Waals surface area contributed by atoms with E-state index in [4.69, 9.17) is 0 Å². The molecule has 0 aromatic heterocycles. The maximum atomic E-state index is 13.0. The maximum absolute atomic E-state index is 13.0. The average molecular weight is 419 g/mol. The number of rotatable bonds is 5. The van der Waals surface area contributed by atoms with Gasteiger partial charge >= 0.3 is 0 Å². The molecule has 30 heavy (non-hydrogen) atoms. The highest BCUT2D eigenvalue weighted by atomic mass is 16.3. The molecule has 6 aliphatic rings. The van der Waals surface area contributed by atoms with E-state index in [2.05, 4.69) is 20.4 Å². The first-order valence-corrected chi connectivity index (χ1v) is 11.8. The SMILES string of the molecule is CC(C)(C)NC(=O)CN1C[C@@H]2C[C@H]1CN2CC(=O)NC12CC3CC(CC(O)(C3)C1)C2. The summed E-state index contributed by atoms with van der Waals surface area (Å²) in [5.74, 6) is 1.35. The third kappa shape index (κ3) is 4.00. The molecule has 6 fully saturated rings. The lowest BCUT2D eigenvalue weighted by Crippen LogP contribution is -2.66. The normalized spacial score (nSPS) is 42.7. The van der Waals surface area contributed by atoms with Gasteiger partial charge in [-0.1, -0.05) is 0 Å². The van der Waals surface area contributed by atoms with Crippen molar-refractivity contribution >= 4 is 11.8 Å². The lowest BCUT2D eigenvalue weighted by molar-refractivity contribution is -0.151. The summed E-state index contributed by atoms with van der Waals surface area (Å²) in [4.78, 5) is 29.8. The lowest BCUT2D eigenvalue weighted by atomic mass is 9.51. The summed E-state index contributed by atoms with van der Waals surface area (Å²) in [6, 6.07) is 0.734. The number of aliphatic hydroxyl groups is 1. The van der Waals surface area contributed by atoms with Gasteiger partial charge in [0.15, 0.2) is 0 Å². The van der Waals surface area contributed by atoms with Crippen molar-refractivity contribution in [3.05, 3.63) is 0 Å². The van der Waals surface area contributed by atoms with Crippen LogP contribution in [-0.4, -0.2) is 81.7 Å². The number of nitrogens with zero attached hydrogens (tertiary/aromatic N) is 2. The number of likely N-dealkylation sites (tertiary alicyclic amines) is 2. The van der Waals surface area contributed by atoms with E-state index in [1.165, 1.54) is 6.42 Å². The Labute approximate surface area is 179 Å². The number of hydrogen-bond acceptors (Lipinski definition) is 5. The molecular weight excluding hydrogens is 380 g/mol. The number of carbonyl (C=O) groups excluding carboxylic acids is 2. The number of nitrogens with one attached hydrogen (secondary N) is 2. The molecule has 7 heteroatoms. The third-order valence-corrected chi connectivity index (χ3v) is 8.11. The predicted molar refractivity (Wildman–Crippen MR) is 114 cm³/mol. The van der Waals surface area contributed by atoms with Crippen LogP contribution in [-0.2, 0) is 9.59 Å². The lowest BCUT2D eigenvalue weighted by Gasteiger charge is -2.60. The molecule has 0 spiro atoms. The second-order valence-electron chi connectivity index (χ2n) is 12.2. The van der Waals surface area contributed by atoms with Crippen LogP contribution >= 0.6 is 0 Å². The molecule has 6 bridgehead atoms. The zero-order chi connectivity index (χ0) is 21.3. The minimum Gasteiger partial charge on any atom is -0.390 e. The van der Waals surface area contributed by atoms with E-state index in [0.29, 0.717) is 37.0 Å². The third-order valence-electron chi connectivity index (χ3n) is 8.11. The van der Waals surface area contributed by atoms with Gasteiger partial charge in [0, 0.05) is 36.3 Å². The van der Waals surface area contributed by atoms with Crippen molar-refractivity contribution in [1.29, 1.82) is 0 Å². The van der Waals surface area contributed by atoms with Crippen LogP contribution in [0, 0.1) is 11.8 Å². The van der Waals surface area contributed by atoms with Crippen LogP contribution in [0.1, 0.15) is 65.7 Å². The van der Waals surface area contributed by atoms with Gasteiger partial charge in [0.05, 0.1) is 18.7 Å². The van der Waals surface area contributed by atoms with Crippen molar-refractivity contribution in [1.82, 2.24) is 20.4 Å². The van der Waals surface area contributed by atoms with E-state index in [1.807, 2.05) is 20.8 Å². The molecule has 2 aliphatic heterocycles. The van der Waals surface area contributed by atoms with Crippen LogP contribution in [0.2, 0.25) is 0 Å². The highest BCUT2D eigenvalue weighted by molar-refractivity contribution is 5.79. The van der Waals surface area contributed by atoms with E-state index in [0.717, 1.165) is 51.6 Å². The van der Waals surface area contributed by atoms with E-state index in [1.54, 1.807) is 0 Å². The quantitative estimate of drug-likeness (QED) is 0.617. The Hall–Kier alpha value is -1.18. The van der Waals surface area contributed by atoms with Crippen LogP contribution in [0.4, 0.5) is 0 Å². The van der Waals surface area contributed by atoms with Gasteiger partial charge in [0.1, 0.15) is 0 Å². The van der Waals surface area contributed by atoms with Crippen LogP contribution in [0.25, 0.3) is 0 Å². The fourth-order valence-electron chi connectivity index (χ4n) is 7.74. The molecule has 4 saturated carbocycles. The van der Waals surface area contributed by atoms with Crippen molar-refractivity contribution in [2.75, 3.05) is 26.2 Å². The molecule has 0 radical (unpaired) electrons. The smallest absolute Gasteiger partial charge is 0.234 e. The first-order valence-electron chi connectivity index (χ1n) is 11.8. The molecule has 0 aromatic carbocycles. The highest BCUT2D eigenvalue weighted by Crippen LogP contribution is 2.57. The fourth-order valence-corrected chi connectivity index (χ4v) is 7.74. The monoisotopic (exact) mass is 418 g/mol. The Morgan fingerprint density at radius 1 is 0.933 bits per heavy atom. The maximum Gasteiger partial charge on any atom is 0.234 e. The fraction of sp³-hybridized carbons (Fsp3) is 0.913. The van der Waals surface area contributed by atoms with Crippen LogP contribution in [0.5, 0.6) is 0 Å². The molecule has 2 saturated heterocycles. The van der Waals surface area contributed by atoms with Crippen LogP contribution in [0.3, 0.4) is 0 Å². The van der Waals surface area contributed by atoms with Gasteiger partial charge in [-0.25, -0.2) is 0 Å². The zero-order valence-corrected chi connectivity index (χ0v) is 18.7. The van der Waals surface area contributed by atoms with E-state index in [9.17, 15) is 14.7 Å². The Balaban J connectivity index is 1.13. The summed E-state index contributed by atoms with van der Waals surface area (Å²) in [6.07, 6.45) is 6.95. The van der Waals surface area contributed by atoms with Gasteiger partial charge in [-0.3, -0.25) is 19.4 Å². The van der Waals surface area contributed by atoms with E-state index >= 15 is 0 Å². The average Bonchev–Trinajstić information content (AvgIpc) is 3.09. The van der Waals surface area contributed by atoms with Crippen molar-refractivity contribution in [2.24, 2.45) is 11.8 Å². The topological polar surface area (TPSA) is 84.9 Å². The van der Waals surface area contributed by atoms with Gasteiger partial charge in [0.2, 0.25) is 11.8 Å². The molecule has 4 atom stereocenters. The Bertz CT molecular complexity index is 718. The van der Waals surface area contributed by atoms with Crippen LogP contribution in [0.15, 0.2) is 0 Å². The standard InChI is InChI=1S/C23H38N4O3/c1-21(2,3)24-19(28)12-26-10-18-5-17(26)11-27(18)13-20(29)25-22-6-15-4-16(7-22)9-23(30,8-15)14-22/h15-18,30H,4-14H2,1-3H3,(H,24,28)(H,25,29)/t15?,16?,17-,18-,22?,23?/m0/s1. The Morgan fingerprint density at radius 2 is 1.50 bits per heavy atom. The van der Waals surface area contributed by atoms with Crippen molar-refractivity contribution in [3.8, 4) is 0 Å². The number of hydrogen-bond donors (Lipinski definition) is 3. The first-order chi connectivity index (χ1) is 14.0. The summed E-state index contributed by atoms with van der Waals surface area (Å²) in [6.45, 7) is 8.63. The summed E-state index contributed by atoms with van der Waals surface area (Å²) in [7, 11) is 0. The molecule has 0 aromatic rings. The molecular formula is C23H38N4O3. The number of carbonyl (C=O) groups is 2. The summed E-state index contributed by atoms with van der Waals surface area (Å²) in [5.41, 5.74) is -0.922. The predicted octanol–water partition coefficient (Wildman–Crippen LogP) is 0.860. The molecule has 7 nitrogen and oxygen atoms in total. The van der Waals surface area contributed by atoms with Crippen LogP contribution < -0.4 is 10.6 Å². The number of amides is 2. The van der Waals surface area contributed by atoms with E-state index < -0.39 is 5.60 Å². The summed E-state index contributed by atoms with van der Waals surface area (Å²) in [5, 5.41) is 17.4. The molecule has 2 heterocycles. The van der Waals surface area contributed by atoms with Gasteiger partial charge < -0.3 is 15.7 Å². The molecule has 2 unspecified atom stereocenters. The summed E-state index contributed by atoms with van der Waals surface area (Å²) >= 11 is 0. The van der Waals surface area contributed by atoms with Gasteiger partial charge in [-0.05, 0) is 77.6 Å². The first kappa shape index (κ1) is 20.7. The minimum absolute atomic E-state index is 0.0825. The molecule has 4 aliphatic carbocycles. The molecule has 168 valence electrons. The van der Waals surface area contributed by atoms with Crippen molar-refractivity contribution < 1.29 is 14.7 Å². The Morgan fingerprint density at radius 3 is 2.00 bits per heavy atom.